The summed E-state index contributed by atoms with van der Waals surface area (Å²) >= 11 is 0. The Labute approximate surface area is 152 Å². The molecule has 136 valence electrons. The van der Waals surface area contributed by atoms with E-state index in [1.165, 1.54) is 6.92 Å². The number of carbonyl (C=O) groups is 3. The van der Waals surface area contributed by atoms with E-state index in [0.29, 0.717) is 23.5 Å². The maximum absolute atomic E-state index is 12.1. The Morgan fingerprint density at radius 3 is 2.15 bits per heavy atom. The average Bonchev–Trinajstić information content (AvgIpc) is 2.60. The Morgan fingerprint density at radius 2 is 1.54 bits per heavy atom. The highest BCUT2D eigenvalue weighted by atomic mass is 16.2. The van der Waals surface area contributed by atoms with Crippen LogP contribution in [0.1, 0.15) is 24.2 Å². The lowest BCUT2D eigenvalue weighted by Gasteiger charge is -2.10. The zero-order valence-corrected chi connectivity index (χ0v) is 14.8. The molecule has 0 aliphatic carbocycles. The second-order valence-corrected chi connectivity index (χ2v) is 5.60. The molecular weight excluding hydrogens is 332 g/mol. The van der Waals surface area contributed by atoms with Crippen LogP contribution in [0.2, 0.25) is 0 Å². The van der Waals surface area contributed by atoms with E-state index in [4.69, 9.17) is 0 Å². The van der Waals surface area contributed by atoms with Gasteiger partial charge in [0.05, 0.1) is 6.54 Å². The second kappa shape index (κ2) is 9.22. The maximum Gasteiger partial charge on any atom is 0.251 e. The molecule has 26 heavy (non-hydrogen) atoms. The van der Waals surface area contributed by atoms with Crippen molar-refractivity contribution in [2.75, 3.05) is 29.0 Å². The molecule has 0 radical (unpaired) electrons. The van der Waals surface area contributed by atoms with Crippen molar-refractivity contribution in [2.24, 2.45) is 0 Å². The van der Waals surface area contributed by atoms with Gasteiger partial charge < -0.3 is 21.3 Å². The highest BCUT2D eigenvalue weighted by Gasteiger charge is 2.06. The van der Waals surface area contributed by atoms with E-state index in [1.807, 2.05) is 6.92 Å². The lowest BCUT2D eigenvalue weighted by Crippen LogP contribution is -2.23. The Balaban J connectivity index is 1.87. The Kier molecular flexibility index (Phi) is 6.73. The zero-order valence-electron chi connectivity index (χ0n) is 14.8. The molecule has 0 aliphatic heterocycles. The first kappa shape index (κ1) is 19.0. The molecule has 0 aromatic heterocycles. The number of carbonyl (C=O) groups excluding carboxylic acids is 3. The zero-order chi connectivity index (χ0) is 18.9. The highest BCUT2D eigenvalue weighted by Crippen LogP contribution is 2.15. The summed E-state index contributed by atoms with van der Waals surface area (Å²) in [6.07, 6.45) is 0. The van der Waals surface area contributed by atoms with Crippen molar-refractivity contribution in [1.82, 2.24) is 5.32 Å². The molecule has 0 fully saturated rings. The van der Waals surface area contributed by atoms with Gasteiger partial charge in [-0.2, -0.15) is 0 Å². The molecule has 7 nitrogen and oxygen atoms in total. The van der Waals surface area contributed by atoms with Crippen LogP contribution in [0.4, 0.5) is 17.1 Å². The molecule has 0 spiro atoms. The smallest absolute Gasteiger partial charge is 0.251 e. The van der Waals surface area contributed by atoms with Gasteiger partial charge >= 0.3 is 0 Å². The van der Waals surface area contributed by atoms with Crippen molar-refractivity contribution in [3.8, 4) is 0 Å². The van der Waals surface area contributed by atoms with Crippen LogP contribution in [0.5, 0.6) is 0 Å². The Morgan fingerprint density at radius 1 is 0.885 bits per heavy atom. The maximum atomic E-state index is 12.1. The lowest BCUT2D eigenvalue weighted by atomic mass is 10.2. The number of benzene rings is 2. The molecule has 3 amide bonds. The molecule has 0 heterocycles. The fourth-order valence-corrected chi connectivity index (χ4v) is 2.27. The second-order valence-electron chi connectivity index (χ2n) is 5.60. The number of anilines is 3. The molecule has 0 saturated heterocycles. The summed E-state index contributed by atoms with van der Waals surface area (Å²) in [5, 5.41) is 11.1. The lowest BCUT2D eigenvalue weighted by molar-refractivity contribution is -0.115. The van der Waals surface area contributed by atoms with E-state index in [-0.39, 0.29) is 24.3 Å². The van der Waals surface area contributed by atoms with Gasteiger partial charge in [-0.15, -0.1) is 0 Å². The van der Waals surface area contributed by atoms with E-state index in [1.54, 1.807) is 48.5 Å². The predicted octanol–water partition coefficient (Wildman–Crippen LogP) is 2.45. The van der Waals surface area contributed by atoms with Gasteiger partial charge in [-0.05, 0) is 49.4 Å². The summed E-state index contributed by atoms with van der Waals surface area (Å²) in [7, 11) is 0. The predicted molar refractivity (Wildman–Crippen MR) is 102 cm³/mol. The summed E-state index contributed by atoms with van der Waals surface area (Å²) in [6.45, 7) is 3.93. The molecule has 0 aliphatic rings. The van der Waals surface area contributed by atoms with Crippen molar-refractivity contribution in [3.63, 3.8) is 0 Å². The first-order chi connectivity index (χ1) is 12.5. The minimum absolute atomic E-state index is 0.0743. The molecule has 0 unspecified atom stereocenters. The van der Waals surface area contributed by atoms with E-state index >= 15 is 0 Å². The molecule has 2 aromatic rings. The molecule has 0 saturated carbocycles. The van der Waals surface area contributed by atoms with E-state index < -0.39 is 0 Å². The third-order valence-corrected chi connectivity index (χ3v) is 3.40. The van der Waals surface area contributed by atoms with Gasteiger partial charge in [0, 0.05) is 36.1 Å². The van der Waals surface area contributed by atoms with Crippen LogP contribution in [0.15, 0.2) is 48.5 Å². The summed E-state index contributed by atoms with van der Waals surface area (Å²) in [5.74, 6) is -0.528. The van der Waals surface area contributed by atoms with E-state index in [0.717, 1.165) is 5.69 Å². The number of rotatable bonds is 7. The van der Waals surface area contributed by atoms with Crippen LogP contribution < -0.4 is 21.3 Å². The standard InChI is InChI=1S/C19H22N4O3/c1-3-20-19(26)14-7-9-15(10-8-14)21-12-18(25)23-17-6-4-5-16(11-17)22-13(2)24/h4-11,21H,3,12H2,1-2H3,(H,20,26)(H,22,24)(H,23,25). The Hall–Kier alpha value is -3.35. The van der Waals surface area contributed by atoms with Crippen LogP contribution in [-0.2, 0) is 9.59 Å². The molecule has 2 aromatic carbocycles. The van der Waals surface area contributed by atoms with Gasteiger partial charge in [-0.25, -0.2) is 0 Å². The molecule has 7 heteroatoms. The van der Waals surface area contributed by atoms with Crippen LogP contribution in [0.25, 0.3) is 0 Å². The molecule has 4 N–H and O–H groups in total. The van der Waals surface area contributed by atoms with E-state index in [9.17, 15) is 14.4 Å². The molecular formula is C19H22N4O3. The average molecular weight is 354 g/mol. The van der Waals surface area contributed by atoms with Gasteiger partial charge in [0.1, 0.15) is 0 Å². The van der Waals surface area contributed by atoms with Crippen molar-refractivity contribution >= 4 is 34.8 Å². The summed E-state index contributed by atoms with van der Waals surface area (Å²) in [4.78, 5) is 34.8. The number of hydrogen-bond donors (Lipinski definition) is 4. The van der Waals surface area contributed by atoms with Crippen molar-refractivity contribution in [1.29, 1.82) is 0 Å². The topological polar surface area (TPSA) is 99.3 Å². The largest absolute Gasteiger partial charge is 0.376 e. The number of hydrogen-bond acceptors (Lipinski definition) is 4. The summed E-state index contributed by atoms with van der Waals surface area (Å²) in [6, 6.07) is 13.8. The molecule has 2 rings (SSSR count). The fourth-order valence-electron chi connectivity index (χ4n) is 2.27. The van der Waals surface area contributed by atoms with Gasteiger partial charge in [0.2, 0.25) is 11.8 Å². The summed E-state index contributed by atoms with van der Waals surface area (Å²) < 4.78 is 0. The van der Waals surface area contributed by atoms with Gasteiger partial charge in [-0.1, -0.05) is 6.07 Å². The van der Waals surface area contributed by atoms with Crippen molar-refractivity contribution < 1.29 is 14.4 Å². The molecule has 0 atom stereocenters. The SMILES string of the molecule is CCNC(=O)c1ccc(NCC(=O)Nc2cccc(NC(C)=O)c2)cc1. The van der Waals surface area contributed by atoms with Crippen LogP contribution in [-0.4, -0.2) is 30.8 Å². The van der Waals surface area contributed by atoms with Gasteiger partial charge in [-0.3, -0.25) is 14.4 Å². The van der Waals surface area contributed by atoms with Crippen molar-refractivity contribution in [3.05, 3.63) is 54.1 Å². The van der Waals surface area contributed by atoms with Crippen LogP contribution >= 0.6 is 0 Å². The fraction of sp³-hybridized carbons (Fsp3) is 0.211. The van der Waals surface area contributed by atoms with Crippen molar-refractivity contribution in [2.45, 2.75) is 13.8 Å². The van der Waals surface area contributed by atoms with E-state index in [2.05, 4.69) is 21.3 Å². The van der Waals surface area contributed by atoms with Gasteiger partial charge in [0.15, 0.2) is 0 Å². The van der Waals surface area contributed by atoms with Gasteiger partial charge in [0.25, 0.3) is 5.91 Å². The normalized spacial score (nSPS) is 9.92. The minimum Gasteiger partial charge on any atom is -0.376 e. The third-order valence-electron chi connectivity index (χ3n) is 3.40. The number of nitrogens with one attached hydrogen (secondary N) is 4. The number of amides is 3. The van der Waals surface area contributed by atoms with Crippen LogP contribution in [0.3, 0.4) is 0 Å². The van der Waals surface area contributed by atoms with Crippen LogP contribution in [0, 0.1) is 0 Å². The summed E-state index contributed by atoms with van der Waals surface area (Å²) in [5.41, 5.74) is 2.51. The Bertz CT molecular complexity index is 788. The molecule has 0 bridgehead atoms. The minimum atomic E-state index is -0.224. The first-order valence-electron chi connectivity index (χ1n) is 8.27. The monoisotopic (exact) mass is 354 g/mol. The first-order valence-corrected chi connectivity index (χ1v) is 8.27. The highest BCUT2D eigenvalue weighted by molar-refractivity contribution is 5.96. The quantitative estimate of drug-likeness (QED) is 0.614. The third kappa shape index (κ3) is 5.94.